The lowest BCUT2D eigenvalue weighted by Crippen LogP contribution is -2.39. The average molecular weight is 321 g/mol. The van der Waals surface area contributed by atoms with Crippen molar-refractivity contribution >= 4 is 17.2 Å². The number of nitrogens with one attached hydrogen (secondary N) is 1. The van der Waals surface area contributed by atoms with E-state index in [4.69, 9.17) is 0 Å². The zero-order valence-corrected chi connectivity index (χ0v) is 14.5. The fourth-order valence-electron chi connectivity index (χ4n) is 3.85. The highest BCUT2D eigenvalue weighted by Gasteiger charge is 2.57. The summed E-state index contributed by atoms with van der Waals surface area (Å²) in [5, 5.41) is 7.75. The van der Waals surface area contributed by atoms with Gasteiger partial charge in [-0.05, 0) is 66.6 Å². The number of carbonyl (C=O) groups excluding carboxylic acids is 1. The van der Waals surface area contributed by atoms with Gasteiger partial charge in [0.25, 0.3) is 0 Å². The number of piperidine rings is 1. The van der Waals surface area contributed by atoms with Crippen molar-refractivity contribution in [3.8, 4) is 0 Å². The SMILES string of the molecule is CCCCCC(=O)N(Cc1ccsc1)C1CC12CCNCC2. The minimum absolute atomic E-state index is 0.375. The van der Waals surface area contributed by atoms with E-state index >= 15 is 0 Å². The van der Waals surface area contributed by atoms with Crippen LogP contribution < -0.4 is 5.32 Å². The normalized spacial score (nSPS) is 22.7. The van der Waals surface area contributed by atoms with Gasteiger partial charge in [0, 0.05) is 19.0 Å². The Bertz CT molecular complexity index is 479. The van der Waals surface area contributed by atoms with E-state index in [1.54, 1.807) is 11.3 Å². The molecule has 3 rings (SSSR count). The first-order valence-electron chi connectivity index (χ1n) is 8.76. The first-order chi connectivity index (χ1) is 10.7. The molecule has 22 heavy (non-hydrogen) atoms. The largest absolute Gasteiger partial charge is 0.335 e. The number of carbonyl (C=O) groups is 1. The molecule has 1 saturated heterocycles. The average Bonchev–Trinajstić information content (AvgIpc) is 2.98. The summed E-state index contributed by atoms with van der Waals surface area (Å²) >= 11 is 1.73. The van der Waals surface area contributed by atoms with Gasteiger partial charge in [0.15, 0.2) is 0 Å². The van der Waals surface area contributed by atoms with E-state index in [1.165, 1.54) is 31.2 Å². The Morgan fingerprint density at radius 3 is 2.91 bits per heavy atom. The minimum atomic E-state index is 0.375. The monoisotopic (exact) mass is 320 g/mol. The van der Waals surface area contributed by atoms with Crippen LogP contribution in [0.25, 0.3) is 0 Å². The van der Waals surface area contributed by atoms with Crippen LogP contribution in [0, 0.1) is 5.41 Å². The predicted octanol–water partition coefficient (Wildman–Crippen LogP) is 3.80. The van der Waals surface area contributed by atoms with Crippen LogP contribution >= 0.6 is 11.3 Å². The molecule has 1 atom stereocenters. The summed E-state index contributed by atoms with van der Waals surface area (Å²) in [6.07, 6.45) is 7.80. The molecule has 1 spiro atoms. The molecule has 2 heterocycles. The maximum Gasteiger partial charge on any atom is 0.223 e. The topological polar surface area (TPSA) is 32.3 Å². The molecule has 0 bridgehead atoms. The Balaban J connectivity index is 1.65. The Hall–Kier alpha value is -0.870. The highest BCUT2D eigenvalue weighted by atomic mass is 32.1. The molecule has 1 amide bonds. The minimum Gasteiger partial charge on any atom is -0.335 e. The third kappa shape index (κ3) is 3.54. The van der Waals surface area contributed by atoms with Crippen molar-refractivity contribution in [1.29, 1.82) is 0 Å². The first-order valence-corrected chi connectivity index (χ1v) is 9.71. The molecule has 1 aliphatic carbocycles. The fraction of sp³-hybridized carbons (Fsp3) is 0.722. The standard InChI is InChI=1S/C18H28N2OS/c1-2-3-4-5-17(21)20(13-15-6-11-22-14-15)16-12-18(16)7-9-19-10-8-18/h6,11,14,16,19H,2-5,7-10,12-13H2,1H3. The van der Waals surface area contributed by atoms with Gasteiger partial charge >= 0.3 is 0 Å². The lowest BCUT2D eigenvalue weighted by atomic mass is 9.93. The van der Waals surface area contributed by atoms with E-state index in [0.717, 1.165) is 38.9 Å². The summed E-state index contributed by atoms with van der Waals surface area (Å²) in [4.78, 5) is 15.0. The summed E-state index contributed by atoms with van der Waals surface area (Å²) in [5.41, 5.74) is 1.73. The molecule has 0 radical (unpaired) electrons. The van der Waals surface area contributed by atoms with Gasteiger partial charge < -0.3 is 10.2 Å². The van der Waals surface area contributed by atoms with E-state index in [9.17, 15) is 4.79 Å². The van der Waals surface area contributed by atoms with Crippen molar-refractivity contribution in [2.75, 3.05) is 13.1 Å². The molecule has 122 valence electrons. The van der Waals surface area contributed by atoms with Gasteiger partial charge in [0.05, 0.1) is 0 Å². The second kappa shape index (κ2) is 7.14. The molecule has 2 aliphatic rings. The number of hydrogen-bond donors (Lipinski definition) is 1. The van der Waals surface area contributed by atoms with Crippen molar-refractivity contribution in [3.63, 3.8) is 0 Å². The van der Waals surface area contributed by atoms with Crippen LogP contribution in [-0.2, 0) is 11.3 Å². The van der Waals surface area contributed by atoms with Gasteiger partial charge in [0.2, 0.25) is 5.91 Å². The van der Waals surface area contributed by atoms with Crippen LogP contribution in [0.1, 0.15) is 57.4 Å². The highest BCUT2D eigenvalue weighted by molar-refractivity contribution is 7.07. The van der Waals surface area contributed by atoms with Gasteiger partial charge in [-0.25, -0.2) is 0 Å². The van der Waals surface area contributed by atoms with Crippen LogP contribution in [-0.4, -0.2) is 29.9 Å². The van der Waals surface area contributed by atoms with Crippen molar-refractivity contribution in [2.45, 2.75) is 64.5 Å². The van der Waals surface area contributed by atoms with Crippen LogP contribution in [0.15, 0.2) is 16.8 Å². The van der Waals surface area contributed by atoms with Crippen molar-refractivity contribution < 1.29 is 4.79 Å². The van der Waals surface area contributed by atoms with Crippen molar-refractivity contribution in [3.05, 3.63) is 22.4 Å². The molecule has 1 aromatic heterocycles. The van der Waals surface area contributed by atoms with E-state index in [2.05, 4.69) is 34.0 Å². The second-order valence-corrected chi connectivity index (χ2v) is 7.72. The number of unbranched alkanes of at least 4 members (excludes halogenated alkanes) is 2. The lowest BCUT2D eigenvalue weighted by molar-refractivity contribution is -0.133. The third-order valence-corrected chi connectivity index (χ3v) is 6.10. The summed E-state index contributed by atoms with van der Waals surface area (Å²) < 4.78 is 0. The Labute approximate surface area is 138 Å². The number of nitrogens with zero attached hydrogens (tertiary/aromatic N) is 1. The maximum absolute atomic E-state index is 12.8. The van der Waals surface area contributed by atoms with E-state index in [0.29, 0.717) is 17.4 Å². The number of amides is 1. The number of thiophene rings is 1. The van der Waals surface area contributed by atoms with Crippen molar-refractivity contribution in [1.82, 2.24) is 10.2 Å². The molecule has 0 aromatic carbocycles. The molecule has 3 nitrogen and oxygen atoms in total. The smallest absolute Gasteiger partial charge is 0.223 e. The van der Waals surface area contributed by atoms with Gasteiger partial charge in [-0.2, -0.15) is 11.3 Å². The maximum atomic E-state index is 12.8. The number of rotatable bonds is 7. The predicted molar refractivity (Wildman–Crippen MR) is 92.0 cm³/mol. The van der Waals surface area contributed by atoms with E-state index in [1.807, 2.05) is 0 Å². The van der Waals surface area contributed by atoms with E-state index in [-0.39, 0.29) is 0 Å². The summed E-state index contributed by atoms with van der Waals surface area (Å²) in [6.45, 7) is 5.24. The Kier molecular flexibility index (Phi) is 5.19. The Morgan fingerprint density at radius 1 is 1.41 bits per heavy atom. The summed E-state index contributed by atoms with van der Waals surface area (Å²) in [6, 6.07) is 2.65. The van der Waals surface area contributed by atoms with Crippen LogP contribution in [0.5, 0.6) is 0 Å². The highest BCUT2D eigenvalue weighted by Crippen LogP contribution is 2.56. The molecule has 1 unspecified atom stereocenters. The van der Waals surface area contributed by atoms with E-state index < -0.39 is 0 Å². The zero-order valence-electron chi connectivity index (χ0n) is 13.6. The van der Waals surface area contributed by atoms with Crippen LogP contribution in [0.3, 0.4) is 0 Å². The van der Waals surface area contributed by atoms with Gasteiger partial charge in [-0.1, -0.05) is 19.8 Å². The molecule has 1 N–H and O–H groups in total. The molecule has 1 aromatic rings. The van der Waals surface area contributed by atoms with Gasteiger partial charge in [0.1, 0.15) is 0 Å². The second-order valence-electron chi connectivity index (χ2n) is 6.94. The molecular weight excluding hydrogens is 292 g/mol. The first kappa shape index (κ1) is 16.0. The zero-order chi connectivity index (χ0) is 15.4. The quantitative estimate of drug-likeness (QED) is 0.775. The molecule has 1 saturated carbocycles. The molecular formula is C18H28N2OS. The van der Waals surface area contributed by atoms with Crippen LogP contribution in [0.4, 0.5) is 0 Å². The molecule has 2 fully saturated rings. The third-order valence-electron chi connectivity index (χ3n) is 5.37. The van der Waals surface area contributed by atoms with Crippen LogP contribution in [0.2, 0.25) is 0 Å². The van der Waals surface area contributed by atoms with Gasteiger partial charge in [-0.15, -0.1) is 0 Å². The molecule has 1 aliphatic heterocycles. The molecule has 4 heteroatoms. The van der Waals surface area contributed by atoms with Gasteiger partial charge in [-0.3, -0.25) is 4.79 Å². The fourth-order valence-corrected chi connectivity index (χ4v) is 4.51. The Morgan fingerprint density at radius 2 is 2.23 bits per heavy atom. The number of hydrogen-bond acceptors (Lipinski definition) is 3. The summed E-state index contributed by atoms with van der Waals surface area (Å²) in [7, 11) is 0. The van der Waals surface area contributed by atoms with Crippen molar-refractivity contribution in [2.24, 2.45) is 5.41 Å². The lowest BCUT2D eigenvalue weighted by Gasteiger charge is -2.29. The summed E-state index contributed by atoms with van der Waals surface area (Å²) in [5.74, 6) is 0.375.